The van der Waals surface area contributed by atoms with Crippen molar-refractivity contribution in [3.05, 3.63) is 0 Å². The Kier molecular flexibility index (Phi) is 4.59. The second-order valence-electron chi connectivity index (χ2n) is 4.09. The van der Waals surface area contributed by atoms with Crippen LogP contribution in [-0.2, 0) is 9.53 Å². The maximum atomic E-state index is 11.6. The largest absolute Gasteiger partial charge is 0.447 e. The van der Waals surface area contributed by atoms with Crippen molar-refractivity contribution in [3.8, 4) is 0 Å². The molecule has 0 aromatic heterocycles. The van der Waals surface area contributed by atoms with Gasteiger partial charge in [-0.05, 0) is 12.3 Å². The average molecular weight is 213 g/mol. The van der Waals surface area contributed by atoms with Gasteiger partial charge in [-0.3, -0.25) is 4.79 Å². The molecule has 1 fully saturated rings. The molecule has 0 spiro atoms. The van der Waals surface area contributed by atoms with E-state index in [0.717, 1.165) is 19.3 Å². The Bertz CT molecular complexity index is 240. The molecule has 0 aliphatic carbocycles. The van der Waals surface area contributed by atoms with Gasteiger partial charge in [-0.25, -0.2) is 9.69 Å². The first-order valence-electron chi connectivity index (χ1n) is 5.62. The second-order valence-corrected chi connectivity index (χ2v) is 4.09. The lowest BCUT2D eigenvalue weighted by Gasteiger charge is -2.13. The van der Waals surface area contributed by atoms with Crippen molar-refractivity contribution in [3.63, 3.8) is 0 Å². The van der Waals surface area contributed by atoms with Crippen molar-refractivity contribution < 1.29 is 14.3 Å². The minimum atomic E-state index is -0.483. The second kappa shape index (κ2) is 5.73. The highest BCUT2D eigenvalue weighted by atomic mass is 16.6. The van der Waals surface area contributed by atoms with Crippen molar-refractivity contribution in [2.75, 3.05) is 13.2 Å². The molecule has 4 heteroatoms. The van der Waals surface area contributed by atoms with Gasteiger partial charge in [0.1, 0.15) is 6.61 Å². The summed E-state index contributed by atoms with van der Waals surface area (Å²) in [6, 6.07) is 0. The van der Waals surface area contributed by atoms with E-state index in [4.69, 9.17) is 4.74 Å². The van der Waals surface area contributed by atoms with E-state index in [1.54, 1.807) is 0 Å². The Morgan fingerprint density at radius 3 is 2.80 bits per heavy atom. The summed E-state index contributed by atoms with van der Waals surface area (Å²) in [6.07, 6.45) is 3.11. The zero-order valence-electron chi connectivity index (χ0n) is 9.49. The number of carbonyl (C=O) groups is 2. The van der Waals surface area contributed by atoms with Crippen LogP contribution in [0.15, 0.2) is 0 Å². The lowest BCUT2D eigenvalue weighted by atomic mass is 10.00. The number of amides is 2. The van der Waals surface area contributed by atoms with Gasteiger partial charge in [0.2, 0.25) is 5.91 Å². The molecule has 1 heterocycles. The number of rotatable bonds is 5. The number of nitrogens with zero attached hydrogens (tertiary/aromatic N) is 1. The van der Waals surface area contributed by atoms with E-state index in [0.29, 0.717) is 25.5 Å². The molecule has 0 N–H and O–H groups in total. The van der Waals surface area contributed by atoms with E-state index < -0.39 is 6.09 Å². The van der Waals surface area contributed by atoms with Crippen LogP contribution in [0.2, 0.25) is 0 Å². The molecular formula is C11H19NO3. The van der Waals surface area contributed by atoms with E-state index >= 15 is 0 Å². The molecule has 2 amide bonds. The first-order valence-corrected chi connectivity index (χ1v) is 5.62. The van der Waals surface area contributed by atoms with Crippen molar-refractivity contribution >= 4 is 12.0 Å². The molecule has 0 saturated carbocycles. The van der Waals surface area contributed by atoms with Gasteiger partial charge in [-0.15, -0.1) is 0 Å². The molecular weight excluding hydrogens is 194 g/mol. The predicted octanol–water partition coefficient (Wildman–Crippen LogP) is 2.18. The Balaban J connectivity index is 2.26. The summed E-state index contributed by atoms with van der Waals surface area (Å²) < 4.78 is 4.71. The minimum absolute atomic E-state index is 0.0968. The fourth-order valence-corrected chi connectivity index (χ4v) is 1.76. The van der Waals surface area contributed by atoms with Crippen LogP contribution >= 0.6 is 0 Å². The van der Waals surface area contributed by atoms with Gasteiger partial charge in [0.15, 0.2) is 0 Å². The number of cyclic esters (lactones) is 1. The summed E-state index contributed by atoms with van der Waals surface area (Å²) in [7, 11) is 0. The number of hydrogen-bond acceptors (Lipinski definition) is 3. The first kappa shape index (κ1) is 12.0. The van der Waals surface area contributed by atoms with Crippen LogP contribution in [0.4, 0.5) is 4.79 Å². The third-order valence-corrected chi connectivity index (χ3v) is 2.69. The Morgan fingerprint density at radius 1 is 1.53 bits per heavy atom. The standard InChI is InChI=1S/C11H19NO3/c1-3-4-9(2)5-6-10(13)12-7-8-15-11(12)14/h9H,3-8H2,1-2H3/t9-/m1/s1. The summed E-state index contributed by atoms with van der Waals surface area (Å²) >= 11 is 0. The maximum absolute atomic E-state index is 11.6. The van der Waals surface area contributed by atoms with E-state index in [2.05, 4.69) is 13.8 Å². The molecule has 0 aromatic rings. The predicted molar refractivity (Wildman–Crippen MR) is 56.4 cm³/mol. The number of hydrogen-bond donors (Lipinski definition) is 0. The molecule has 0 unspecified atom stereocenters. The molecule has 1 aliphatic heterocycles. The summed E-state index contributed by atoms with van der Waals surface area (Å²) in [5, 5.41) is 0. The fourth-order valence-electron chi connectivity index (χ4n) is 1.76. The van der Waals surface area contributed by atoms with Crippen LogP contribution in [0.5, 0.6) is 0 Å². The fraction of sp³-hybridized carbons (Fsp3) is 0.818. The van der Waals surface area contributed by atoms with Crippen LogP contribution < -0.4 is 0 Å². The van der Waals surface area contributed by atoms with Crippen molar-refractivity contribution in [1.82, 2.24) is 4.90 Å². The van der Waals surface area contributed by atoms with Crippen LogP contribution in [0.25, 0.3) is 0 Å². The number of ether oxygens (including phenoxy) is 1. The van der Waals surface area contributed by atoms with E-state index in [1.807, 2.05) is 0 Å². The normalized spacial score (nSPS) is 17.7. The van der Waals surface area contributed by atoms with Crippen molar-refractivity contribution in [2.45, 2.75) is 39.5 Å². The maximum Gasteiger partial charge on any atom is 0.416 e. The first-order chi connectivity index (χ1) is 7.15. The van der Waals surface area contributed by atoms with Gasteiger partial charge in [0.25, 0.3) is 0 Å². The smallest absolute Gasteiger partial charge is 0.416 e. The summed E-state index contributed by atoms with van der Waals surface area (Å²) in [4.78, 5) is 23.9. The average Bonchev–Trinajstić information content (AvgIpc) is 2.61. The SMILES string of the molecule is CCC[C@@H](C)CCC(=O)N1CCOC1=O. The summed E-state index contributed by atoms with van der Waals surface area (Å²) in [5.74, 6) is 0.457. The minimum Gasteiger partial charge on any atom is -0.447 e. The Hall–Kier alpha value is -1.06. The quantitative estimate of drug-likeness (QED) is 0.703. The van der Waals surface area contributed by atoms with E-state index in [9.17, 15) is 9.59 Å². The third kappa shape index (κ3) is 3.53. The molecule has 4 nitrogen and oxygen atoms in total. The number of imide groups is 1. The van der Waals surface area contributed by atoms with Crippen molar-refractivity contribution in [1.29, 1.82) is 0 Å². The Morgan fingerprint density at radius 2 is 2.27 bits per heavy atom. The summed E-state index contributed by atoms with van der Waals surface area (Å²) in [6.45, 7) is 5.03. The number of carbonyl (C=O) groups excluding carboxylic acids is 2. The lowest BCUT2D eigenvalue weighted by molar-refractivity contribution is -0.128. The molecule has 0 aromatic carbocycles. The molecule has 0 radical (unpaired) electrons. The highest BCUT2D eigenvalue weighted by Crippen LogP contribution is 2.14. The monoisotopic (exact) mass is 213 g/mol. The third-order valence-electron chi connectivity index (χ3n) is 2.69. The Labute approximate surface area is 90.6 Å². The van der Waals surface area contributed by atoms with Gasteiger partial charge >= 0.3 is 6.09 Å². The molecule has 1 aliphatic rings. The zero-order chi connectivity index (χ0) is 11.3. The molecule has 86 valence electrons. The molecule has 15 heavy (non-hydrogen) atoms. The van der Waals surface area contributed by atoms with Gasteiger partial charge < -0.3 is 4.74 Å². The summed E-state index contributed by atoms with van der Waals surface area (Å²) in [5.41, 5.74) is 0. The van der Waals surface area contributed by atoms with Gasteiger partial charge in [-0.2, -0.15) is 0 Å². The highest BCUT2D eigenvalue weighted by molar-refractivity contribution is 5.92. The molecule has 1 saturated heterocycles. The van der Waals surface area contributed by atoms with Crippen molar-refractivity contribution in [2.24, 2.45) is 5.92 Å². The molecule has 1 rings (SSSR count). The lowest BCUT2D eigenvalue weighted by Crippen LogP contribution is -2.31. The van der Waals surface area contributed by atoms with Crippen LogP contribution in [0.3, 0.4) is 0 Å². The van der Waals surface area contributed by atoms with E-state index in [1.165, 1.54) is 4.90 Å². The zero-order valence-corrected chi connectivity index (χ0v) is 9.49. The van der Waals surface area contributed by atoms with Crippen LogP contribution in [-0.4, -0.2) is 30.1 Å². The van der Waals surface area contributed by atoms with Crippen LogP contribution in [0.1, 0.15) is 39.5 Å². The van der Waals surface area contributed by atoms with E-state index in [-0.39, 0.29) is 5.91 Å². The highest BCUT2D eigenvalue weighted by Gasteiger charge is 2.27. The van der Waals surface area contributed by atoms with Crippen LogP contribution in [0, 0.1) is 5.92 Å². The van der Waals surface area contributed by atoms with Gasteiger partial charge in [0.05, 0.1) is 6.54 Å². The van der Waals surface area contributed by atoms with Gasteiger partial charge in [0, 0.05) is 6.42 Å². The molecule has 1 atom stereocenters. The van der Waals surface area contributed by atoms with Gasteiger partial charge in [-0.1, -0.05) is 26.7 Å². The molecule has 0 bridgehead atoms. The topological polar surface area (TPSA) is 46.6 Å².